The number of benzene rings is 2. The fourth-order valence-corrected chi connectivity index (χ4v) is 2.23. The number of ether oxygens (including phenoxy) is 1. The van der Waals surface area contributed by atoms with Crippen LogP contribution in [0.3, 0.4) is 0 Å². The molecular weight excluding hydrogens is 262 g/mol. The molecule has 0 aliphatic rings. The van der Waals surface area contributed by atoms with E-state index in [2.05, 4.69) is 34.6 Å². The number of nitrogens with one attached hydrogen (secondary N) is 1. The Hall–Kier alpha value is -2.75. The van der Waals surface area contributed by atoms with Gasteiger partial charge < -0.3 is 14.6 Å². The lowest BCUT2D eigenvalue weighted by molar-refractivity contribution is 0.410. The van der Waals surface area contributed by atoms with Crippen LogP contribution in [0.2, 0.25) is 0 Å². The largest absolute Gasteiger partial charge is 0.496 e. The first kappa shape index (κ1) is 13.2. The molecule has 0 saturated carbocycles. The van der Waals surface area contributed by atoms with E-state index in [0.29, 0.717) is 0 Å². The maximum Gasteiger partial charge on any atom is 0.123 e. The van der Waals surface area contributed by atoms with Gasteiger partial charge in [-0.1, -0.05) is 24.3 Å². The van der Waals surface area contributed by atoms with Crippen molar-refractivity contribution in [1.82, 2.24) is 9.55 Å². The SMILES string of the molecule is COc1ccccc1CNc1cccc(-n2ccnc2)c1. The maximum atomic E-state index is 5.36. The number of methoxy groups -OCH3 is 1. The molecule has 0 spiro atoms. The van der Waals surface area contributed by atoms with E-state index in [4.69, 9.17) is 4.74 Å². The fourth-order valence-electron chi connectivity index (χ4n) is 2.23. The molecule has 1 N–H and O–H groups in total. The number of nitrogens with zero attached hydrogens (tertiary/aromatic N) is 2. The van der Waals surface area contributed by atoms with Gasteiger partial charge in [-0.25, -0.2) is 4.98 Å². The summed E-state index contributed by atoms with van der Waals surface area (Å²) in [6, 6.07) is 16.2. The number of hydrogen-bond donors (Lipinski definition) is 1. The zero-order valence-electron chi connectivity index (χ0n) is 11.9. The molecule has 1 heterocycles. The summed E-state index contributed by atoms with van der Waals surface area (Å²) in [5.41, 5.74) is 3.28. The second-order valence-electron chi connectivity index (χ2n) is 4.69. The molecule has 0 radical (unpaired) electrons. The molecule has 0 aliphatic heterocycles. The summed E-state index contributed by atoms with van der Waals surface area (Å²) in [7, 11) is 1.69. The summed E-state index contributed by atoms with van der Waals surface area (Å²) in [5, 5.41) is 3.42. The summed E-state index contributed by atoms with van der Waals surface area (Å²) in [4.78, 5) is 4.07. The smallest absolute Gasteiger partial charge is 0.123 e. The van der Waals surface area contributed by atoms with Gasteiger partial charge in [-0.2, -0.15) is 0 Å². The number of aromatic nitrogens is 2. The number of hydrogen-bond acceptors (Lipinski definition) is 3. The predicted octanol–water partition coefficient (Wildman–Crippen LogP) is 3.49. The van der Waals surface area contributed by atoms with Gasteiger partial charge in [0, 0.05) is 35.9 Å². The van der Waals surface area contributed by atoms with Crippen molar-refractivity contribution in [2.45, 2.75) is 6.54 Å². The van der Waals surface area contributed by atoms with E-state index in [1.807, 2.05) is 35.0 Å². The van der Waals surface area contributed by atoms with Gasteiger partial charge in [-0.05, 0) is 24.3 Å². The number of rotatable bonds is 5. The fraction of sp³-hybridized carbons (Fsp3) is 0.118. The maximum absolute atomic E-state index is 5.36. The Labute approximate surface area is 124 Å². The predicted molar refractivity (Wildman–Crippen MR) is 83.9 cm³/mol. The second-order valence-corrected chi connectivity index (χ2v) is 4.69. The van der Waals surface area contributed by atoms with Crippen molar-refractivity contribution in [1.29, 1.82) is 0 Å². The normalized spacial score (nSPS) is 10.3. The van der Waals surface area contributed by atoms with Crippen LogP contribution < -0.4 is 10.1 Å². The minimum atomic E-state index is 0.720. The first-order chi connectivity index (χ1) is 10.4. The molecule has 0 atom stereocenters. The third-order valence-electron chi connectivity index (χ3n) is 3.32. The van der Waals surface area contributed by atoms with E-state index < -0.39 is 0 Å². The lowest BCUT2D eigenvalue weighted by atomic mass is 10.2. The van der Waals surface area contributed by atoms with Gasteiger partial charge in [-0.15, -0.1) is 0 Å². The van der Waals surface area contributed by atoms with Crippen molar-refractivity contribution >= 4 is 5.69 Å². The molecule has 0 saturated heterocycles. The molecule has 106 valence electrons. The Morgan fingerprint density at radius 3 is 2.86 bits per heavy atom. The second kappa shape index (κ2) is 6.13. The zero-order valence-corrected chi connectivity index (χ0v) is 11.9. The van der Waals surface area contributed by atoms with Gasteiger partial charge in [0.25, 0.3) is 0 Å². The molecule has 0 unspecified atom stereocenters. The van der Waals surface area contributed by atoms with Crippen LogP contribution >= 0.6 is 0 Å². The van der Waals surface area contributed by atoms with E-state index in [9.17, 15) is 0 Å². The number of anilines is 1. The molecule has 3 rings (SSSR count). The van der Waals surface area contributed by atoms with Crippen molar-refractivity contribution in [3.63, 3.8) is 0 Å². The van der Waals surface area contributed by atoms with Crippen molar-refractivity contribution in [2.75, 3.05) is 12.4 Å². The molecule has 21 heavy (non-hydrogen) atoms. The lowest BCUT2D eigenvalue weighted by Gasteiger charge is -2.11. The third-order valence-corrected chi connectivity index (χ3v) is 3.32. The number of para-hydroxylation sites is 1. The quantitative estimate of drug-likeness (QED) is 0.777. The highest BCUT2D eigenvalue weighted by Gasteiger charge is 2.02. The minimum Gasteiger partial charge on any atom is -0.496 e. The molecule has 0 aliphatic carbocycles. The van der Waals surface area contributed by atoms with Crippen molar-refractivity contribution < 1.29 is 4.74 Å². The van der Waals surface area contributed by atoms with Gasteiger partial charge in [0.2, 0.25) is 0 Å². The topological polar surface area (TPSA) is 39.1 Å². The molecule has 0 amide bonds. The molecule has 4 heteroatoms. The van der Waals surface area contributed by atoms with Crippen molar-refractivity contribution in [3.05, 3.63) is 72.8 Å². The van der Waals surface area contributed by atoms with E-state index in [1.54, 1.807) is 19.6 Å². The van der Waals surface area contributed by atoms with Crippen LogP contribution in [0.15, 0.2) is 67.3 Å². The Kier molecular flexibility index (Phi) is 3.87. The molecule has 0 fully saturated rings. The summed E-state index contributed by atoms with van der Waals surface area (Å²) in [6.07, 6.45) is 5.49. The summed E-state index contributed by atoms with van der Waals surface area (Å²) >= 11 is 0. The lowest BCUT2D eigenvalue weighted by Crippen LogP contribution is -2.02. The monoisotopic (exact) mass is 279 g/mol. The molecular formula is C17H17N3O. The standard InChI is InChI=1S/C17H17N3O/c1-21-17-8-3-2-5-14(17)12-19-15-6-4-7-16(11-15)20-10-9-18-13-20/h2-11,13,19H,12H2,1H3. The van der Waals surface area contributed by atoms with E-state index in [-0.39, 0.29) is 0 Å². The van der Waals surface area contributed by atoms with E-state index in [0.717, 1.165) is 29.2 Å². The molecule has 3 aromatic rings. The van der Waals surface area contributed by atoms with Crippen LogP contribution in [0.4, 0.5) is 5.69 Å². The van der Waals surface area contributed by atoms with E-state index >= 15 is 0 Å². The Balaban J connectivity index is 1.75. The van der Waals surface area contributed by atoms with Crippen molar-refractivity contribution in [3.8, 4) is 11.4 Å². The van der Waals surface area contributed by atoms with Crippen molar-refractivity contribution in [2.24, 2.45) is 0 Å². The third kappa shape index (κ3) is 3.05. The van der Waals surface area contributed by atoms with Crippen LogP contribution in [0, 0.1) is 0 Å². The Bertz CT molecular complexity index is 708. The van der Waals surface area contributed by atoms with Crippen LogP contribution in [0.25, 0.3) is 5.69 Å². The number of imidazole rings is 1. The molecule has 2 aromatic carbocycles. The summed E-state index contributed by atoms with van der Waals surface area (Å²) in [5.74, 6) is 0.899. The average molecular weight is 279 g/mol. The zero-order chi connectivity index (χ0) is 14.5. The highest BCUT2D eigenvalue weighted by Crippen LogP contribution is 2.20. The highest BCUT2D eigenvalue weighted by atomic mass is 16.5. The first-order valence-corrected chi connectivity index (χ1v) is 6.81. The summed E-state index contributed by atoms with van der Waals surface area (Å²) < 4.78 is 7.34. The van der Waals surface area contributed by atoms with Gasteiger partial charge in [0.1, 0.15) is 5.75 Å². The molecule has 0 bridgehead atoms. The van der Waals surface area contributed by atoms with Crippen LogP contribution in [0.1, 0.15) is 5.56 Å². The van der Waals surface area contributed by atoms with Gasteiger partial charge in [0.05, 0.1) is 13.4 Å². The first-order valence-electron chi connectivity index (χ1n) is 6.81. The molecule has 4 nitrogen and oxygen atoms in total. The summed E-state index contributed by atoms with van der Waals surface area (Å²) in [6.45, 7) is 0.720. The highest BCUT2D eigenvalue weighted by molar-refractivity contribution is 5.52. The molecule has 1 aromatic heterocycles. The average Bonchev–Trinajstić information content (AvgIpc) is 3.08. The Morgan fingerprint density at radius 2 is 2.05 bits per heavy atom. The van der Waals surface area contributed by atoms with Crippen LogP contribution in [0.5, 0.6) is 5.75 Å². The van der Waals surface area contributed by atoms with Gasteiger partial charge in [0.15, 0.2) is 0 Å². The Morgan fingerprint density at radius 1 is 1.14 bits per heavy atom. The van der Waals surface area contributed by atoms with Crippen LogP contribution in [-0.4, -0.2) is 16.7 Å². The minimum absolute atomic E-state index is 0.720. The van der Waals surface area contributed by atoms with Crippen LogP contribution in [-0.2, 0) is 6.54 Å². The van der Waals surface area contributed by atoms with E-state index in [1.165, 1.54) is 0 Å². The van der Waals surface area contributed by atoms with Gasteiger partial charge in [-0.3, -0.25) is 0 Å². The van der Waals surface area contributed by atoms with Gasteiger partial charge >= 0.3 is 0 Å².